The summed E-state index contributed by atoms with van der Waals surface area (Å²) in [6, 6.07) is 15.6. The summed E-state index contributed by atoms with van der Waals surface area (Å²) in [5, 5.41) is 22.2. The lowest BCUT2D eigenvalue weighted by molar-refractivity contribution is -0.384. The van der Waals surface area contributed by atoms with Crippen molar-refractivity contribution in [3.8, 4) is 5.75 Å². The van der Waals surface area contributed by atoms with E-state index < -0.39 is 34.2 Å². The summed E-state index contributed by atoms with van der Waals surface area (Å²) in [4.78, 5) is 37.8. The van der Waals surface area contributed by atoms with Crippen molar-refractivity contribution in [2.75, 3.05) is 12.0 Å². The molecular formula is C24H17FN2O6. The predicted molar refractivity (Wildman–Crippen MR) is 117 cm³/mol. The minimum absolute atomic E-state index is 0.00374. The van der Waals surface area contributed by atoms with Gasteiger partial charge in [0.05, 0.1) is 23.6 Å². The molecule has 1 aliphatic heterocycles. The number of benzene rings is 3. The Balaban J connectivity index is 1.92. The van der Waals surface area contributed by atoms with Gasteiger partial charge in [-0.3, -0.25) is 24.6 Å². The summed E-state index contributed by atoms with van der Waals surface area (Å²) >= 11 is 0. The van der Waals surface area contributed by atoms with Gasteiger partial charge in [-0.1, -0.05) is 24.3 Å². The first-order valence-corrected chi connectivity index (χ1v) is 9.77. The molecule has 0 bridgehead atoms. The number of hydrogen-bond donors (Lipinski definition) is 1. The lowest BCUT2D eigenvalue weighted by atomic mass is 9.95. The number of aliphatic hydroxyl groups excluding tert-OH is 1. The van der Waals surface area contributed by atoms with Crippen molar-refractivity contribution < 1.29 is 28.7 Å². The predicted octanol–water partition coefficient (Wildman–Crippen LogP) is 4.37. The van der Waals surface area contributed by atoms with E-state index >= 15 is 0 Å². The molecule has 1 amide bonds. The Labute approximate surface area is 187 Å². The minimum Gasteiger partial charge on any atom is -0.507 e. The van der Waals surface area contributed by atoms with E-state index in [1.165, 1.54) is 54.5 Å². The van der Waals surface area contributed by atoms with Gasteiger partial charge in [0.2, 0.25) is 0 Å². The second-order valence-corrected chi connectivity index (χ2v) is 7.23. The van der Waals surface area contributed by atoms with E-state index in [-0.39, 0.29) is 16.8 Å². The molecule has 0 spiro atoms. The molecule has 1 aliphatic rings. The Kier molecular flexibility index (Phi) is 5.61. The Morgan fingerprint density at radius 2 is 1.73 bits per heavy atom. The highest BCUT2D eigenvalue weighted by Gasteiger charge is 2.47. The van der Waals surface area contributed by atoms with Crippen LogP contribution in [0.25, 0.3) is 5.76 Å². The Morgan fingerprint density at radius 1 is 1.06 bits per heavy atom. The van der Waals surface area contributed by atoms with Crippen LogP contribution in [0, 0.1) is 15.9 Å². The highest BCUT2D eigenvalue weighted by atomic mass is 19.1. The number of rotatable bonds is 5. The summed E-state index contributed by atoms with van der Waals surface area (Å²) in [7, 11) is 1.48. The molecule has 4 rings (SSSR count). The van der Waals surface area contributed by atoms with Crippen LogP contribution in [0.15, 0.2) is 78.4 Å². The van der Waals surface area contributed by atoms with Gasteiger partial charge in [-0.05, 0) is 42.0 Å². The van der Waals surface area contributed by atoms with Crippen molar-refractivity contribution in [3.63, 3.8) is 0 Å². The first-order chi connectivity index (χ1) is 15.8. The van der Waals surface area contributed by atoms with Gasteiger partial charge in [0.1, 0.15) is 17.3 Å². The number of methoxy groups -OCH3 is 1. The van der Waals surface area contributed by atoms with Crippen molar-refractivity contribution in [3.05, 3.63) is 105 Å². The van der Waals surface area contributed by atoms with Crippen molar-refractivity contribution in [2.24, 2.45) is 0 Å². The lowest BCUT2D eigenvalue weighted by Crippen LogP contribution is -2.29. The Morgan fingerprint density at radius 3 is 2.33 bits per heavy atom. The zero-order valence-electron chi connectivity index (χ0n) is 17.3. The van der Waals surface area contributed by atoms with Crippen molar-refractivity contribution in [1.29, 1.82) is 0 Å². The molecule has 1 atom stereocenters. The van der Waals surface area contributed by atoms with Crippen LogP contribution in [-0.4, -0.2) is 28.8 Å². The zero-order valence-corrected chi connectivity index (χ0v) is 17.3. The number of amides is 1. The van der Waals surface area contributed by atoms with Gasteiger partial charge in [0, 0.05) is 23.4 Å². The topological polar surface area (TPSA) is 110 Å². The first kappa shape index (κ1) is 21.7. The third-order valence-corrected chi connectivity index (χ3v) is 5.31. The van der Waals surface area contributed by atoms with E-state index in [0.717, 1.165) is 6.07 Å². The van der Waals surface area contributed by atoms with E-state index in [1.807, 2.05) is 0 Å². The Hall–Kier alpha value is -4.53. The number of anilines is 1. The SMILES string of the molecule is COc1ccc(N2C(=O)C(=O)/C(=C(\O)c3cccc([N+](=O)[O-])c3)C2c2ccc(F)cc2)cc1. The van der Waals surface area contributed by atoms with Gasteiger partial charge in [-0.25, -0.2) is 4.39 Å². The highest BCUT2D eigenvalue weighted by Crippen LogP contribution is 2.42. The molecule has 1 unspecified atom stereocenters. The summed E-state index contributed by atoms with van der Waals surface area (Å²) < 4.78 is 18.7. The molecule has 0 aromatic heterocycles. The van der Waals surface area contributed by atoms with Crippen LogP contribution in [-0.2, 0) is 9.59 Å². The smallest absolute Gasteiger partial charge is 0.300 e. The number of ether oxygens (including phenoxy) is 1. The van der Waals surface area contributed by atoms with Crippen molar-refractivity contribution in [1.82, 2.24) is 0 Å². The largest absolute Gasteiger partial charge is 0.507 e. The molecule has 3 aromatic carbocycles. The molecule has 1 N–H and O–H groups in total. The molecule has 33 heavy (non-hydrogen) atoms. The van der Waals surface area contributed by atoms with Crippen molar-refractivity contribution >= 4 is 28.8 Å². The van der Waals surface area contributed by atoms with Crippen LogP contribution in [0.1, 0.15) is 17.2 Å². The summed E-state index contributed by atoms with van der Waals surface area (Å²) in [6.45, 7) is 0. The number of nitro benzene ring substituents is 1. The molecule has 9 heteroatoms. The summed E-state index contributed by atoms with van der Waals surface area (Å²) in [6.07, 6.45) is 0. The molecule has 0 aliphatic carbocycles. The number of aliphatic hydroxyl groups is 1. The fourth-order valence-corrected chi connectivity index (χ4v) is 3.72. The van der Waals surface area contributed by atoms with Crippen LogP contribution in [0.3, 0.4) is 0 Å². The molecule has 0 radical (unpaired) electrons. The molecule has 8 nitrogen and oxygen atoms in total. The van der Waals surface area contributed by atoms with Gasteiger partial charge < -0.3 is 9.84 Å². The third kappa shape index (κ3) is 3.91. The number of non-ortho nitro benzene ring substituents is 1. The maximum atomic E-state index is 13.6. The number of carbonyl (C=O) groups is 2. The van der Waals surface area contributed by atoms with E-state index in [1.54, 1.807) is 24.3 Å². The lowest BCUT2D eigenvalue weighted by Gasteiger charge is -2.25. The van der Waals surface area contributed by atoms with Gasteiger partial charge in [-0.2, -0.15) is 0 Å². The number of carbonyl (C=O) groups excluding carboxylic acids is 2. The van der Waals surface area contributed by atoms with E-state index in [0.29, 0.717) is 17.0 Å². The second-order valence-electron chi connectivity index (χ2n) is 7.23. The van der Waals surface area contributed by atoms with Crippen LogP contribution < -0.4 is 9.64 Å². The number of halogens is 1. The molecule has 3 aromatic rings. The Bertz CT molecular complexity index is 1290. The van der Waals surface area contributed by atoms with Crippen molar-refractivity contribution in [2.45, 2.75) is 6.04 Å². The van der Waals surface area contributed by atoms with Gasteiger partial charge in [-0.15, -0.1) is 0 Å². The van der Waals surface area contributed by atoms with E-state index in [2.05, 4.69) is 0 Å². The van der Waals surface area contributed by atoms with Crippen LogP contribution in [0.2, 0.25) is 0 Å². The maximum absolute atomic E-state index is 13.6. The fraction of sp³-hybridized carbons (Fsp3) is 0.0833. The standard InChI is InChI=1S/C24H17FN2O6/c1-33-19-11-9-17(10-12-19)26-21(14-5-7-16(25)8-6-14)20(23(29)24(26)30)22(28)15-3-2-4-18(13-15)27(31)32/h2-13,21,28H,1H3/b22-20-. The third-order valence-electron chi connectivity index (χ3n) is 5.31. The average Bonchev–Trinajstić information content (AvgIpc) is 3.09. The molecule has 1 heterocycles. The molecule has 1 fully saturated rings. The number of ketones is 1. The number of nitro groups is 1. The maximum Gasteiger partial charge on any atom is 0.300 e. The summed E-state index contributed by atoms with van der Waals surface area (Å²) in [5.74, 6) is -2.42. The number of nitrogens with zero attached hydrogens (tertiary/aromatic N) is 2. The van der Waals surface area contributed by atoms with Gasteiger partial charge in [0.25, 0.3) is 17.4 Å². The number of hydrogen-bond acceptors (Lipinski definition) is 6. The molecular weight excluding hydrogens is 431 g/mol. The number of Topliss-reactive ketones (excluding diaryl/α,β-unsaturated/α-hetero) is 1. The zero-order chi connectivity index (χ0) is 23.7. The van der Waals surface area contributed by atoms with Gasteiger partial charge >= 0.3 is 0 Å². The molecule has 0 saturated carbocycles. The molecule has 166 valence electrons. The second kappa shape index (κ2) is 8.54. The van der Waals surface area contributed by atoms with E-state index in [9.17, 15) is 29.2 Å². The average molecular weight is 448 g/mol. The van der Waals surface area contributed by atoms with Crippen LogP contribution in [0.4, 0.5) is 15.8 Å². The van der Waals surface area contributed by atoms with Crippen LogP contribution >= 0.6 is 0 Å². The molecule has 1 saturated heterocycles. The monoisotopic (exact) mass is 448 g/mol. The fourth-order valence-electron chi connectivity index (χ4n) is 3.72. The normalized spacial score (nSPS) is 17.3. The first-order valence-electron chi connectivity index (χ1n) is 9.77. The van der Waals surface area contributed by atoms with Gasteiger partial charge in [0.15, 0.2) is 0 Å². The quantitative estimate of drug-likeness (QED) is 0.204. The van der Waals surface area contributed by atoms with Crippen LogP contribution in [0.5, 0.6) is 5.75 Å². The van der Waals surface area contributed by atoms with E-state index in [4.69, 9.17) is 4.74 Å². The highest BCUT2D eigenvalue weighted by molar-refractivity contribution is 6.51. The summed E-state index contributed by atoms with van der Waals surface area (Å²) in [5.41, 5.74) is 0.178. The minimum atomic E-state index is -1.08.